The Hall–Kier alpha value is -0.740. The first-order chi connectivity index (χ1) is 11.2. The second-order valence-corrected chi connectivity index (χ2v) is 6.92. The lowest BCUT2D eigenvalue weighted by molar-refractivity contribution is -0.203. The predicted molar refractivity (Wildman–Crippen MR) is 88.2 cm³/mol. The summed E-state index contributed by atoms with van der Waals surface area (Å²) in [5.41, 5.74) is 0. The van der Waals surface area contributed by atoms with E-state index in [0.717, 1.165) is 64.2 Å². The Morgan fingerprint density at radius 2 is 1.61 bits per heavy atom. The first-order valence-electron chi connectivity index (χ1n) is 9.04. The minimum Gasteiger partial charge on any atom is -0.352 e. The van der Waals surface area contributed by atoms with Crippen molar-refractivity contribution in [2.75, 3.05) is 13.2 Å². The normalized spacial score (nSPS) is 32.1. The highest BCUT2D eigenvalue weighted by molar-refractivity contribution is 4.90. The zero-order valence-corrected chi connectivity index (χ0v) is 14.2. The molecule has 0 amide bonds. The summed E-state index contributed by atoms with van der Waals surface area (Å²) in [6, 6.07) is 0. The molecule has 132 valence electrons. The van der Waals surface area contributed by atoms with Crippen LogP contribution in [0.4, 0.5) is 8.78 Å². The largest absolute Gasteiger partial charge is 0.352 e. The fourth-order valence-electron chi connectivity index (χ4n) is 3.61. The second-order valence-electron chi connectivity index (χ2n) is 6.92. The standard InChI is InChI=1S/C19H30F2O2/c1-2-3-4-5-19-22-13-17(14-23-19)11-8-15-6-9-16(10-7-15)12-18(20)21/h2-3,12,15-17,19H,4-11,13-14H2,1H3/b3-2+. The number of rotatable bonds is 7. The molecule has 0 bridgehead atoms. The molecule has 1 saturated heterocycles. The summed E-state index contributed by atoms with van der Waals surface area (Å²) in [7, 11) is 0. The highest BCUT2D eigenvalue weighted by atomic mass is 19.3. The third-order valence-corrected chi connectivity index (χ3v) is 5.08. The molecule has 0 unspecified atom stereocenters. The summed E-state index contributed by atoms with van der Waals surface area (Å²) >= 11 is 0. The molecule has 0 N–H and O–H groups in total. The molecule has 0 aromatic heterocycles. The molecule has 0 aromatic rings. The van der Waals surface area contributed by atoms with Gasteiger partial charge in [0.2, 0.25) is 0 Å². The molecule has 0 radical (unpaired) electrons. The van der Waals surface area contributed by atoms with Crippen LogP contribution in [0.5, 0.6) is 0 Å². The molecule has 2 fully saturated rings. The van der Waals surface area contributed by atoms with Crippen LogP contribution < -0.4 is 0 Å². The maximum absolute atomic E-state index is 12.3. The Kier molecular flexibility index (Phi) is 8.24. The van der Waals surface area contributed by atoms with Crippen molar-refractivity contribution >= 4 is 0 Å². The maximum Gasteiger partial charge on any atom is 0.266 e. The maximum atomic E-state index is 12.3. The van der Waals surface area contributed by atoms with Crippen LogP contribution in [0.1, 0.15) is 58.3 Å². The molecule has 1 aliphatic heterocycles. The molecule has 2 nitrogen and oxygen atoms in total. The summed E-state index contributed by atoms with van der Waals surface area (Å²) in [6.07, 6.45) is 12.0. The molecule has 23 heavy (non-hydrogen) atoms. The van der Waals surface area contributed by atoms with Crippen LogP contribution in [-0.2, 0) is 9.47 Å². The van der Waals surface area contributed by atoms with Gasteiger partial charge in [0.05, 0.1) is 13.2 Å². The second kappa shape index (κ2) is 10.2. The summed E-state index contributed by atoms with van der Waals surface area (Å²) in [6.45, 7) is 3.62. The van der Waals surface area contributed by atoms with Crippen molar-refractivity contribution in [2.45, 2.75) is 64.6 Å². The lowest BCUT2D eigenvalue weighted by Crippen LogP contribution is -2.32. The van der Waals surface area contributed by atoms with E-state index in [1.807, 2.05) is 6.92 Å². The van der Waals surface area contributed by atoms with Gasteiger partial charge < -0.3 is 9.47 Å². The van der Waals surface area contributed by atoms with Crippen LogP contribution in [0, 0.1) is 17.8 Å². The fraction of sp³-hybridized carbons (Fsp3) is 0.789. The Labute approximate surface area is 138 Å². The van der Waals surface area contributed by atoms with Gasteiger partial charge in [0.25, 0.3) is 6.08 Å². The average molecular weight is 328 g/mol. The van der Waals surface area contributed by atoms with Gasteiger partial charge in [-0.25, -0.2) is 0 Å². The monoisotopic (exact) mass is 328 g/mol. The molecule has 1 saturated carbocycles. The molecule has 1 heterocycles. The lowest BCUT2D eigenvalue weighted by Gasteiger charge is -2.31. The molecule has 0 atom stereocenters. The average Bonchev–Trinajstić information content (AvgIpc) is 2.55. The van der Waals surface area contributed by atoms with Crippen molar-refractivity contribution in [1.82, 2.24) is 0 Å². The highest BCUT2D eigenvalue weighted by Gasteiger charge is 2.25. The van der Waals surface area contributed by atoms with Crippen molar-refractivity contribution in [3.05, 3.63) is 24.3 Å². The zero-order valence-electron chi connectivity index (χ0n) is 14.2. The fourth-order valence-corrected chi connectivity index (χ4v) is 3.61. The number of hydrogen-bond acceptors (Lipinski definition) is 2. The van der Waals surface area contributed by atoms with Gasteiger partial charge in [-0.3, -0.25) is 0 Å². The van der Waals surface area contributed by atoms with Gasteiger partial charge >= 0.3 is 0 Å². The van der Waals surface area contributed by atoms with E-state index < -0.39 is 6.08 Å². The van der Waals surface area contributed by atoms with Crippen LogP contribution >= 0.6 is 0 Å². The molecule has 2 rings (SSSR count). The van der Waals surface area contributed by atoms with Crippen LogP contribution in [0.15, 0.2) is 24.3 Å². The van der Waals surface area contributed by atoms with E-state index in [1.54, 1.807) is 0 Å². The summed E-state index contributed by atoms with van der Waals surface area (Å²) < 4.78 is 36.1. The van der Waals surface area contributed by atoms with E-state index in [1.165, 1.54) is 6.42 Å². The molecule has 0 aromatic carbocycles. The van der Waals surface area contributed by atoms with Gasteiger partial charge in [-0.2, -0.15) is 8.78 Å². The quantitative estimate of drug-likeness (QED) is 0.558. The van der Waals surface area contributed by atoms with E-state index in [2.05, 4.69) is 12.2 Å². The molecule has 1 aliphatic carbocycles. The number of allylic oxidation sites excluding steroid dienone is 3. The minimum atomic E-state index is -1.52. The van der Waals surface area contributed by atoms with Crippen LogP contribution in [-0.4, -0.2) is 19.5 Å². The molecule has 2 aliphatic rings. The Bertz CT molecular complexity index is 375. The topological polar surface area (TPSA) is 18.5 Å². The molecular weight excluding hydrogens is 298 g/mol. The van der Waals surface area contributed by atoms with Crippen molar-refractivity contribution < 1.29 is 18.3 Å². The lowest BCUT2D eigenvalue weighted by atomic mass is 9.79. The summed E-state index contributed by atoms with van der Waals surface area (Å²) in [5.74, 6) is 1.28. The van der Waals surface area contributed by atoms with Gasteiger partial charge in [0, 0.05) is 12.3 Å². The van der Waals surface area contributed by atoms with Crippen molar-refractivity contribution in [2.24, 2.45) is 17.8 Å². The van der Waals surface area contributed by atoms with E-state index in [0.29, 0.717) is 11.8 Å². The van der Waals surface area contributed by atoms with Crippen molar-refractivity contribution in [1.29, 1.82) is 0 Å². The third kappa shape index (κ3) is 7.13. The summed E-state index contributed by atoms with van der Waals surface area (Å²) in [4.78, 5) is 0. The van der Waals surface area contributed by atoms with Crippen LogP contribution in [0.2, 0.25) is 0 Å². The van der Waals surface area contributed by atoms with Gasteiger partial charge in [0.15, 0.2) is 6.29 Å². The predicted octanol–water partition coefficient (Wildman–Crippen LogP) is 5.70. The Morgan fingerprint density at radius 3 is 2.22 bits per heavy atom. The van der Waals surface area contributed by atoms with Gasteiger partial charge in [-0.15, -0.1) is 0 Å². The first-order valence-corrected chi connectivity index (χ1v) is 9.04. The van der Waals surface area contributed by atoms with Crippen LogP contribution in [0.3, 0.4) is 0 Å². The third-order valence-electron chi connectivity index (χ3n) is 5.08. The SMILES string of the molecule is C/C=C/CCC1OCC(CCC2CCC(C=C(F)F)CC2)CO1. The van der Waals surface area contributed by atoms with Gasteiger partial charge in [0.1, 0.15) is 0 Å². The summed E-state index contributed by atoms with van der Waals surface area (Å²) in [5, 5.41) is 0. The van der Waals surface area contributed by atoms with E-state index in [4.69, 9.17) is 9.47 Å². The smallest absolute Gasteiger partial charge is 0.266 e. The van der Waals surface area contributed by atoms with Crippen molar-refractivity contribution in [3.8, 4) is 0 Å². The van der Waals surface area contributed by atoms with E-state index in [-0.39, 0.29) is 12.2 Å². The Morgan fingerprint density at radius 1 is 0.957 bits per heavy atom. The molecule has 0 spiro atoms. The van der Waals surface area contributed by atoms with Crippen LogP contribution in [0.25, 0.3) is 0 Å². The zero-order chi connectivity index (χ0) is 16.5. The van der Waals surface area contributed by atoms with Gasteiger partial charge in [-0.1, -0.05) is 18.6 Å². The number of ether oxygens (including phenoxy) is 2. The highest BCUT2D eigenvalue weighted by Crippen LogP contribution is 2.34. The minimum absolute atomic E-state index is 0.0414. The first kappa shape index (κ1) is 18.6. The van der Waals surface area contributed by atoms with E-state index >= 15 is 0 Å². The van der Waals surface area contributed by atoms with Crippen molar-refractivity contribution in [3.63, 3.8) is 0 Å². The number of hydrogen-bond donors (Lipinski definition) is 0. The number of halogens is 2. The Balaban J connectivity index is 1.57. The van der Waals surface area contributed by atoms with Gasteiger partial charge in [-0.05, 0) is 63.4 Å². The molecular formula is C19H30F2O2. The molecule has 4 heteroatoms. The van der Waals surface area contributed by atoms with E-state index in [9.17, 15) is 8.78 Å².